The van der Waals surface area contributed by atoms with Crippen molar-refractivity contribution in [3.63, 3.8) is 0 Å². The van der Waals surface area contributed by atoms with Crippen LogP contribution in [-0.2, 0) is 14.8 Å². The van der Waals surface area contributed by atoms with Crippen molar-refractivity contribution in [1.29, 1.82) is 0 Å². The molecule has 0 aromatic heterocycles. The number of para-hydroxylation sites is 1. The number of carbonyl (C=O) groups excluding carboxylic acids is 1. The topological polar surface area (TPSA) is 70.2 Å². The molecule has 1 heterocycles. The van der Waals surface area contributed by atoms with E-state index in [9.17, 15) is 17.6 Å². The van der Waals surface area contributed by atoms with Crippen molar-refractivity contribution in [2.24, 2.45) is 0 Å². The van der Waals surface area contributed by atoms with Crippen molar-refractivity contribution < 1.29 is 22.3 Å². The number of rotatable bonds is 9. The molecule has 1 aliphatic heterocycles. The van der Waals surface area contributed by atoms with Gasteiger partial charge >= 0.3 is 0 Å². The molecular formula is C32H32FN3O4S. The first kappa shape index (κ1) is 28.3. The van der Waals surface area contributed by atoms with Gasteiger partial charge in [-0.2, -0.15) is 0 Å². The maximum Gasteiger partial charge on any atom is 0.264 e. The lowest BCUT2D eigenvalue weighted by atomic mass is 9.96. The summed E-state index contributed by atoms with van der Waals surface area (Å²) in [5.41, 5.74) is 2.15. The molecule has 1 aliphatic rings. The van der Waals surface area contributed by atoms with Gasteiger partial charge < -0.3 is 9.64 Å². The van der Waals surface area contributed by atoms with Crippen LogP contribution in [0.25, 0.3) is 0 Å². The zero-order valence-electron chi connectivity index (χ0n) is 22.8. The fourth-order valence-corrected chi connectivity index (χ4v) is 6.59. The van der Waals surface area contributed by atoms with Gasteiger partial charge in [-0.05, 0) is 47.5 Å². The fourth-order valence-electron chi connectivity index (χ4n) is 5.17. The van der Waals surface area contributed by atoms with E-state index < -0.39 is 22.4 Å². The molecule has 0 aliphatic carbocycles. The molecule has 9 heteroatoms. The van der Waals surface area contributed by atoms with Crippen molar-refractivity contribution in [3.05, 3.63) is 126 Å². The number of benzene rings is 4. The molecule has 1 amide bonds. The number of nitrogens with zero attached hydrogens (tertiary/aromatic N) is 3. The first-order valence-electron chi connectivity index (χ1n) is 13.4. The number of piperazine rings is 1. The standard InChI is InChI=1S/C32H32FN3O4S/c1-40-27-16-18-28(19-17-27)41(38,39)36(30-15-9-8-14-29(30)33)24-31(37)34-20-22-35(23-21-34)32(25-10-4-2-5-11-25)26-12-6-3-7-13-26/h2-19,32H,20-24H2,1H3. The molecule has 212 valence electrons. The Kier molecular flexibility index (Phi) is 8.66. The van der Waals surface area contributed by atoms with Gasteiger partial charge in [0.15, 0.2) is 0 Å². The molecule has 0 bridgehead atoms. The van der Waals surface area contributed by atoms with Gasteiger partial charge in [0.25, 0.3) is 10.0 Å². The minimum absolute atomic E-state index is 0.0278. The molecule has 0 N–H and O–H groups in total. The van der Waals surface area contributed by atoms with Gasteiger partial charge in [0.2, 0.25) is 5.91 Å². The molecule has 0 unspecified atom stereocenters. The first-order valence-corrected chi connectivity index (χ1v) is 14.9. The number of ether oxygens (including phenoxy) is 1. The zero-order chi connectivity index (χ0) is 28.8. The summed E-state index contributed by atoms with van der Waals surface area (Å²) in [6.45, 7) is 1.53. The summed E-state index contributed by atoms with van der Waals surface area (Å²) in [6, 6.07) is 31.9. The van der Waals surface area contributed by atoms with E-state index in [-0.39, 0.29) is 22.5 Å². The predicted octanol–water partition coefficient (Wildman–Crippen LogP) is 4.96. The van der Waals surface area contributed by atoms with E-state index in [1.54, 1.807) is 11.0 Å². The Labute approximate surface area is 240 Å². The number of amides is 1. The average Bonchev–Trinajstić information content (AvgIpc) is 3.02. The zero-order valence-corrected chi connectivity index (χ0v) is 23.6. The lowest BCUT2D eigenvalue weighted by Crippen LogP contribution is -2.52. The molecule has 41 heavy (non-hydrogen) atoms. The van der Waals surface area contributed by atoms with Gasteiger partial charge in [-0.15, -0.1) is 0 Å². The van der Waals surface area contributed by atoms with Crippen LogP contribution in [0.4, 0.5) is 10.1 Å². The van der Waals surface area contributed by atoms with Crippen LogP contribution in [0.1, 0.15) is 17.2 Å². The maximum absolute atomic E-state index is 14.9. The third kappa shape index (κ3) is 6.26. The van der Waals surface area contributed by atoms with Crippen molar-refractivity contribution >= 4 is 21.6 Å². The largest absolute Gasteiger partial charge is 0.497 e. The average molecular weight is 574 g/mol. The van der Waals surface area contributed by atoms with Crippen LogP contribution >= 0.6 is 0 Å². The maximum atomic E-state index is 14.9. The first-order chi connectivity index (χ1) is 19.9. The Bertz CT molecular complexity index is 1520. The molecule has 1 fully saturated rings. The smallest absolute Gasteiger partial charge is 0.264 e. The molecule has 5 rings (SSSR count). The molecule has 0 saturated carbocycles. The highest BCUT2D eigenvalue weighted by atomic mass is 32.2. The summed E-state index contributed by atoms with van der Waals surface area (Å²) in [4.78, 5) is 17.5. The van der Waals surface area contributed by atoms with Gasteiger partial charge in [0.1, 0.15) is 18.1 Å². The second-order valence-corrected chi connectivity index (χ2v) is 11.6. The lowest BCUT2D eigenvalue weighted by Gasteiger charge is -2.40. The highest BCUT2D eigenvalue weighted by Gasteiger charge is 2.33. The van der Waals surface area contributed by atoms with E-state index in [2.05, 4.69) is 29.2 Å². The van der Waals surface area contributed by atoms with E-state index >= 15 is 0 Å². The van der Waals surface area contributed by atoms with Gasteiger partial charge in [-0.3, -0.25) is 14.0 Å². The van der Waals surface area contributed by atoms with Gasteiger partial charge in [-0.1, -0.05) is 72.8 Å². The summed E-state index contributed by atoms with van der Waals surface area (Å²) in [5.74, 6) is -0.628. The third-order valence-electron chi connectivity index (χ3n) is 7.31. The van der Waals surface area contributed by atoms with Crippen LogP contribution < -0.4 is 9.04 Å². The molecule has 0 atom stereocenters. The Morgan fingerprint density at radius 2 is 1.34 bits per heavy atom. The number of sulfonamides is 1. The molecule has 4 aromatic rings. The third-order valence-corrected chi connectivity index (χ3v) is 9.08. The summed E-state index contributed by atoms with van der Waals surface area (Å²) in [7, 11) is -2.77. The molecule has 1 saturated heterocycles. The van der Waals surface area contributed by atoms with Gasteiger partial charge in [0, 0.05) is 26.2 Å². The minimum atomic E-state index is -4.25. The van der Waals surface area contributed by atoms with Crippen molar-refractivity contribution in [1.82, 2.24) is 9.80 Å². The van der Waals surface area contributed by atoms with Crippen LogP contribution in [0.15, 0.2) is 114 Å². The molecule has 0 spiro atoms. The predicted molar refractivity (Wildman–Crippen MR) is 157 cm³/mol. The van der Waals surface area contributed by atoms with Crippen LogP contribution in [0.5, 0.6) is 5.75 Å². The number of anilines is 1. The van der Waals surface area contributed by atoms with Crippen molar-refractivity contribution in [2.45, 2.75) is 10.9 Å². The van der Waals surface area contributed by atoms with Crippen LogP contribution in [0.2, 0.25) is 0 Å². The highest BCUT2D eigenvalue weighted by molar-refractivity contribution is 7.92. The summed E-state index contributed by atoms with van der Waals surface area (Å²) < 4.78 is 48.3. The van der Waals surface area contributed by atoms with Gasteiger partial charge in [0.05, 0.1) is 23.7 Å². The summed E-state index contributed by atoms with van der Waals surface area (Å²) in [6.07, 6.45) is 0. The monoisotopic (exact) mass is 573 g/mol. The number of hydrogen-bond acceptors (Lipinski definition) is 5. The van der Waals surface area contributed by atoms with E-state index in [0.29, 0.717) is 31.9 Å². The molecule has 4 aromatic carbocycles. The van der Waals surface area contributed by atoms with Crippen LogP contribution in [0, 0.1) is 5.82 Å². The van der Waals surface area contributed by atoms with E-state index in [1.807, 2.05) is 36.4 Å². The van der Waals surface area contributed by atoms with Crippen molar-refractivity contribution in [2.75, 3.05) is 44.1 Å². The molecule has 0 radical (unpaired) electrons. The molecule has 7 nitrogen and oxygen atoms in total. The number of carbonyl (C=O) groups is 1. The minimum Gasteiger partial charge on any atom is -0.497 e. The van der Waals surface area contributed by atoms with Gasteiger partial charge in [-0.25, -0.2) is 12.8 Å². The van der Waals surface area contributed by atoms with E-state index in [1.165, 1.54) is 49.6 Å². The quantitative estimate of drug-likeness (QED) is 0.283. The van der Waals surface area contributed by atoms with E-state index in [0.717, 1.165) is 15.4 Å². The Hall–Kier alpha value is -4.21. The molecular weight excluding hydrogens is 541 g/mol. The van der Waals surface area contributed by atoms with E-state index in [4.69, 9.17) is 4.74 Å². The summed E-state index contributed by atoms with van der Waals surface area (Å²) >= 11 is 0. The Morgan fingerprint density at radius 3 is 1.88 bits per heavy atom. The fraction of sp³-hybridized carbons (Fsp3) is 0.219. The number of hydrogen-bond donors (Lipinski definition) is 0. The SMILES string of the molecule is COc1ccc(S(=O)(=O)N(CC(=O)N2CCN(C(c3ccccc3)c3ccccc3)CC2)c2ccccc2F)cc1. The number of methoxy groups -OCH3 is 1. The highest BCUT2D eigenvalue weighted by Crippen LogP contribution is 2.30. The summed E-state index contributed by atoms with van der Waals surface area (Å²) in [5, 5.41) is 0. The van der Waals surface area contributed by atoms with Crippen molar-refractivity contribution in [3.8, 4) is 5.75 Å². The second kappa shape index (κ2) is 12.5. The Balaban J connectivity index is 1.36. The Morgan fingerprint density at radius 1 is 0.805 bits per heavy atom. The van der Waals surface area contributed by atoms with Crippen LogP contribution in [-0.4, -0.2) is 64.0 Å². The normalized spacial score (nSPS) is 14.2. The second-order valence-electron chi connectivity index (χ2n) is 9.78. The lowest BCUT2D eigenvalue weighted by molar-refractivity contribution is -0.131. The number of halogens is 1. The van der Waals surface area contributed by atoms with Crippen LogP contribution in [0.3, 0.4) is 0 Å².